The average Bonchev–Trinajstić information content (AvgIpc) is 3.40. The molecule has 2 saturated heterocycles. The molecular weight excluding hydrogens is 472 g/mol. The Balaban J connectivity index is 1.53. The summed E-state index contributed by atoms with van der Waals surface area (Å²) in [6.45, 7) is 7.96. The fourth-order valence-electron chi connectivity index (χ4n) is 4.59. The van der Waals surface area contributed by atoms with Crippen LogP contribution in [-0.2, 0) is 4.79 Å². The van der Waals surface area contributed by atoms with Crippen LogP contribution in [0.5, 0.6) is 0 Å². The number of carbonyl (C=O) groups excluding carboxylic acids is 1. The summed E-state index contributed by atoms with van der Waals surface area (Å²) in [5.74, 6) is 1.66. The highest BCUT2D eigenvalue weighted by atomic mass is 32.2. The fourth-order valence-corrected chi connectivity index (χ4v) is 5.35. The van der Waals surface area contributed by atoms with Gasteiger partial charge in [-0.05, 0) is 87.8 Å². The summed E-state index contributed by atoms with van der Waals surface area (Å²) in [4.78, 5) is 31.6. The predicted octanol–water partition coefficient (Wildman–Crippen LogP) is 3.89. The molecule has 2 aromatic rings. The van der Waals surface area contributed by atoms with Crippen molar-refractivity contribution in [2.75, 3.05) is 36.4 Å². The van der Waals surface area contributed by atoms with E-state index in [0.29, 0.717) is 35.0 Å². The second kappa shape index (κ2) is 12.2. The van der Waals surface area contributed by atoms with Crippen LogP contribution >= 0.6 is 11.8 Å². The van der Waals surface area contributed by atoms with Crippen molar-refractivity contribution in [2.24, 2.45) is 16.5 Å². The van der Waals surface area contributed by atoms with E-state index in [9.17, 15) is 4.79 Å². The molecule has 0 atom stereocenters. The van der Waals surface area contributed by atoms with Crippen molar-refractivity contribution in [1.82, 2.24) is 14.9 Å². The number of anilines is 2. The molecule has 2 aliphatic rings. The molecule has 4 rings (SSSR count). The quantitative estimate of drug-likeness (QED) is 0.279. The van der Waals surface area contributed by atoms with E-state index in [0.717, 1.165) is 42.3 Å². The first-order valence-corrected chi connectivity index (χ1v) is 13.4. The molecule has 3 heterocycles. The molecule has 1 aromatic carbocycles. The monoisotopic (exact) mass is 508 g/mol. The Morgan fingerprint density at radius 3 is 2.47 bits per heavy atom. The van der Waals surface area contributed by atoms with Crippen molar-refractivity contribution < 1.29 is 4.79 Å². The maximum atomic E-state index is 11.7. The number of hydrogen-bond donors (Lipinski definition) is 3. The standard InChI is InChI=1S/C26H36N8OS/c1-3-25(35)29-19-6-8-21(9-7-19)36-26-31-23(30-22(28)16-18(2)27)17-24(32-26)34-14-10-20(11-15-34)33-12-4-5-13-33/h6-9,16-17,20H,3-5,10-15,27H2,1-2H3,(H,29,35)(H2,28,30,31,32)/b18-16-. The molecule has 5 N–H and O–H groups in total. The van der Waals surface area contributed by atoms with Gasteiger partial charge in [0.25, 0.3) is 0 Å². The van der Waals surface area contributed by atoms with Crippen LogP contribution in [0.25, 0.3) is 0 Å². The number of piperidine rings is 1. The van der Waals surface area contributed by atoms with Gasteiger partial charge in [-0.25, -0.2) is 15.0 Å². The fraction of sp³-hybridized carbons (Fsp3) is 0.462. The molecular formula is C26H36N8OS. The van der Waals surface area contributed by atoms with Gasteiger partial charge in [0.15, 0.2) is 11.0 Å². The summed E-state index contributed by atoms with van der Waals surface area (Å²) >= 11 is 1.46. The van der Waals surface area contributed by atoms with Crippen molar-refractivity contribution in [3.63, 3.8) is 0 Å². The number of nitrogens with zero attached hydrogens (tertiary/aromatic N) is 5. The minimum Gasteiger partial charge on any atom is -0.402 e. The molecule has 2 aliphatic heterocycles. The molecule has 0 radical (unpaired) electrons. The Labute approximate surface area is 217 Å². The molecule has 1 amide bonds. The highest BCUT2D eigenvalue weighted by molar-refractivity contribution is 7.99. The second-order valence-corrected chi connectivity index (χ2v) is 10.3. The molecule has 192 valence electrons. The van der Waals surface area contributed by atoms with E-state index >= 15 is 0 Å². The van der Waals surface area contributed by atoms with Crippen LogP contribution in [0.1, 0.15) is 46.0 Å². The first kappa shape index (κ1) is 26.0. The summed E-state index contributed by atoms with van der Waals surface area (Å²) < 4.78 is 0. The van der Waals surface area contributed by atoms with E-state index in [4.69, 9.17) is 16.5 Å². The number of benzene rings is 1. The van der Waals surface area contributed by atoms with E-state index < -0.39 is 0 Å². The number of amides is 1. The van der Waals surface area contributed by atoms with Gasteiger partial charge in [-0.3, -0.25) is 4.79 Å². The third-order valence-corrected chi connectivity index (χ3v) is 7.28. The molecule has 1 aromatic heterocycles. The van der Waals surface area contributed by atoms with Crippen LogP contribution in [0.4, 0.5) is 17.3 Å². The molecule has 0 bridgehead atoms. The van der Waals surface area contributed by atoms with E-state index in [1.807, 2.05) is 37.3 Å². The van der Waals surface area contributed by atoms with Gasteiger partial charge in [0.05, 0.1) is 0 Å². The number of aromatic nitrogens is 2. The van der Waals surface area contributed by atoms with Crippen LogP contribution in [-0.4, -0.2) is 58.8 Å². The van der Waals surface area contributed by atoms with Gasteiger partial charge in [0.1, 0.15) is 11.7 Å². The van der Waals surface area contributed by atoms with Gasteiger partial charge in [-0.1, -0.05) is 6.92 Å². The summed E-state index contributed by atoms with van der Waals surface area (Å²) in [5.41, 5.74) is 13.2. The predicted molar refractivity (Wildman–Crippen MR) is 147 cm³/mol. The first-order chi connectivity index (χ1) is 17.4. The zero-order chi connectivity index (χ0) is 25.5. The van der Waals surface area contributed by atoms with Crippen molar-refractivity contribution in [2.45, 2.75) is 62.0 Å². The van der Waals surface area contributed by atoms with Gasteiger partial charge < -0.3 is 26.6 Å². The minimum absolute atomic E-state index is 0.0122. The summed E-state index contributed by atoms with van der Waals surface area (Å²) in [7, 11) is 0. The Kier molecular flexibility index (Phi) is 8.82. The number of nitrogens with two attached hydrogens (primary N) is 2. The maximum Gasteiger partial charge on any atom is 0.224 e. The third kappa shape index (κ3) is 7.20. The molecule has 10 heteroatoms. The van der Waals surface area contributed by atoms with Crippen LogP contribution < -0.4 is 21.7 Å². The van der Waals surface area contributed by atoms with Crippen molar-refractivity contribution in [1.29, 1.82) is 0 Å². The van der Waals surface area contributed by atoms with E-state index in [1.54, 1.807) is 13.0 Å². The molecule has 0 spiro atoms. The summed E-state index contributed by atoms with van der Waals surface area (Å²) in [6, 6.07) is 10.2. The number of hydrogen-bond acceptors (Lipinski definition) is 8. The molecule has 36 heavy (non-hydrogen) atoms. The lowest BCUT2D eigenvalue weighted by atomic mass is 10.0. The van der Waals surface area contributed by atoms with Crippen LogP contribution in [0.3, 0.4) is 0 Å². The van der Waals surface area contributed by atoms with Crippen molar-refractivity contribution in [3.05, 3.63) is 42.1 Å². The minimum atomic E-state index is -0.0122. The van der Waals surface area contributed by atoms with Gasteiger partial charge in [0.2, 0.25) is 5.91 Å². The zero-order valence-corrected chi connectivity index (χ0v) is 21.9. The number of nitrogens with one attached hydrogen (secondary N) is 1. The Morgan fingerprint density at radius 2 is 1.83 bits per heavy atom. The number of allylic oxidation sites excluding steroid dienone is 1. The first-order valence-electron chi connectivity index (χ1n) is 12.6. The Morgan fingerprint density at radius 1 is 1.14 bits per heavy atom. The molecule has 0 aliphatic carbocycles. The van der Waals surface area contributed by atoms with Crippen LogP contribution in [0.2, 0.25) is 0 Å². The van der Waals surface area contributed by atoms with Crippen molar-refractivity contribution in [3.8, 4) is 0 Å². The number of aliphatic imine (C=N–C) groups is 1. The van der Waals surface area contributed by atoms with E-state index in [2.05, 4.69) is 25.1 Å². The normalized spacial score (nSPS) is 18.0. The summed E-state index contributed by atoms with van der Waals surface area (Å²) in [5, 5.41) is 3.46. The maximum absolute atomic E-state index is 11.7. The SMILES string of the molecule is CCC(=O)Nc1ccc(Sc2nc(/N=C(N)/C=C(/C)N)cc(N3CCC(N4CCCC4)CC3)n2)cc1. The largest absolute Gasteiger partial charge is 0.402 e. The average molecular weight is 509 g/mol. The van der Waals surface area contributed by atoms with Crippen LogP contribution in [0.15, 0.2) is 57.1 Å². The van der Waals surface area contributed by atoms with E-state index in [1.165, 1.54) is 37.7 Å². The third-order valence-electron chi connectivity index (χ3n) is 6.41. The lowest BCUT2D eigenvalue weighted by Gasteiger charge is -2.37. The van der Waals surface area contributed by atoms with Gasteiger partial charge in [-0.2, -0.15) is 0 Å². The smallest absolute Gasteiger partial charge is 0.224 e. The highest BCUT2D eigenvalue weighted by Gasteiger charge is 2.27. The number of likely N-dealkylation sites (tertiary alicyclic amines) is 1. The second-order valence-electron chi connectivity index (χ2n) is 9.28. The number of rotatable bonds is 8. The topological polar surface area (TPSA) is 126 Å². The lowest BCUT2D eigenvalue weighted by molar-refractivity contribution is -0.115. The van der Waals surface area contributed by atoms with Gasteiger partial charge in [-0.15, -0.1) is 0 Å². The van der Waals surface area contributed by atoms with Gasteiger partial charge in [0, 0.05) is 47.9 Å². The molecule has 9 nitrogen and oxygen atoms in total. The van der Waals surface area contributed by atoms with E-state index in [-0.39, 0.29) is 5.91 Å². The molecule has 0 saturated carbocycles. The number of carbonyl (C=O) groups is 1. The molecule has 2 fully saturated rings. The summed E-state index contributed by atoms with van der Waals surface area (Å²) in [6.07, 6.45) is 6.97. The van der Waals surface area contributed by atoms with Crippen molar-refractivity contribution >= 4 is 40.8 Å². The van der Waals surface area contributed by atoms with Crippen LogP contribution in [0, 0.1) is 0 Å². The molecule has 0 unspecified atom stereocenters. The Bertz CT molecular complexity index is 1100. The Hall–Kier alpha value is -3.11. The zero-order valence-electron chi connectivity index (χ0n) is 21.1. The number of amidine groups is 1. The lowest BCUT2D eigenvalue weighted by Crippen LogP contribution is -2.44. The highest BCUT2D eigenvalue weighted by Crippen LogP contribution is 2.31. The van der Waals surface area contributed by atoms with Gasteiger partial charge >= 0.3 is 0 Å².